The molecule has 2 aliphatic rings. The van der Waals surface area contributed by atoms with E-state index >= 15 is 0 Å². The standard InChI is InChI=1S/C23H24N2O2/c1-16(26)25-14-13-18-8-4-6-10-20(18)22(25)15-23(27)24(2)21-12-11-17-7-3-5-9-19(17)21/h3-10,13-14,21-22H,11-12,15H2,1-2H3. The smallest absolute Gasteiger partial charge is 0.225 e. The third kappa shape index (κ3) is 3.16. The van der Waals surface area contributed by atoms with Crippen LogP contribution in [0.5, 0.6) is 0 Å². The molecule has 0 saturated heterocycles. The number of rotatable bonds is 3. The average molecular weight is 360 g/mol. The minimum Gasteiger partial charge on any atom is -0.339 e. The topological polar surface area (TPSA) is 40.6 Å². The van der Waals surface area contributed by atoms with Gasteiger partial charge >= 0.3 is 0 Å². The Bertz CT molecular complexity index is 918. The first-order valence-corrected chi connectivity index (χ1v) is 9.45. The lowest BCUT2D eigenvalue weighted by molar-refractivity contribution is -0.135. The summed E-state index contributed by atoms with van der Waals surface area (Å²) in [5, 5.41) is 0. The summed E-state index contributed by atoms with van der Waals surface area (Å²) in [7, 11) is 1.89. The van der Waals surface area contributed by atoms with E-state index in [1.165, 1.54) is 11.1 Å². The Kier molecular flexibility index (Phi) is 4.56. The van der Waals surface area contributed by atoms with Crippen molar-refractivity contribution in [3.8, 4) is 0 Å². The third-order valence-corrected chi connectivity index (χ3v) is 5.80. The second kappa shape index (κ2) is 7.03. The fraction of sp³-hybridized carbons (Fsp3) is 0.304. The molecular formula is C23H24N2O2. The molecule has 0 spiro atoms. The fourth-order valence-corrected chi connectivity index (χ4v) is 4.33. The second-order valence-corrected chi connectivity index (χ2v) is 7.35. The molecular weight excluding hydrogens is 336 g/mol. The van der Waals surface area contributed by atoms with E-state index in [0.29, 0.717) is 0 Å². The molecule has 0 radical (unpaired) electrons. The third-order valence-electron chi connectivity index (χ3n) is 5.80. The number of amides is 2. The van der Waals surface area contributed by atoms with Crippen LogP contribution in [0, 0.1) is 0 Å². The van der Waals surface area contributed by atoms with E-state index in [4.69, 9.17) is 0 Å². The van der Waals surface area contributed by atoms with Gasteiger partial charge in [0, 0.05) is 20.2 Å². The highest BCUT2D eigenvalue weighted by Gasteiger charge is 2.33. The quantitative estimate of drug-likeness (QED) is 0.827. The maximum atomic E-state index is 13.1. The van der Waals surface area contributed by atoms with Crippen LogP contribution in [-0.4, -0.2) is 28.7 Å². The first kappa shape index (κ1) is 17.5. The lowest BCUT2D eigenvalue weighted by Crippen LogP contribution is -2.37. The van der Waals surface area contributed by atoms with Gasteiger partial charge in [0.25, 0.3) is 0 Å². The Morgan fingerprint density at radius 1 is 1.07 bits per heavy atom. The lowest BCUT2D eigenvalue weighted by Gasteiger charge is -2.34. The van der Waals surface area contributed by atoms with E-state index in [9.17, 15) is 9.59 Å². The molecule has 1 aliphatic carbocycles. The van der Waals surface area contributed by atoms with Crippen LogP contribution in [0.1, 0.15) is 54.1 Å². The van der Waals surface area contributed by atoms with Crippen molar-refractivity contribution in [2.75, 3.05) is 7.05 Å². The van der Waals surface area contributed by atoms with E-state index in [1.54, 1.807) is 18.0 Å². The molecule has 0 bridgehead atoms. The number of carbonyl (C=O) groups excluding carboxylic acids is 2. The summed E-state index contributed by atoms with van der Waals surface area (Å²) in [5.74, 6) is 0.0190. The summed E-state index contributed by atoms with van der Waals surface area (Å²) in [5.41, 5.74) is 4.68. The maximum absolute atomic E-state index is 13.1. The van der Waals surface area contributed by atoms with Crippen LogP contribution in [0.15, 0.2) is 54.7 Å². The Balaban J connectivity index is 1.58. The summed E-state index contributed by atoms with van der Waals surface area (Å²) >= 11 is 0. The number of benzene rings is 2. The Morgan fingerprint density at radius 3 is 2.56 bits per heavy atom. The predicted octanol–water partition coefficient (Wildman–Crippen LogP) is 4.10. The van der Waals surface area contributed by atoms with Crippen LogP contribution in [0.2, 0.25) is 0 Å². The van der Waals surface area contributed by atoms with Crippen molar-refractivity contribution in [2.24, 2.45) is 0 Å². The largest absolute Gasteiger partial charge is 0.339 e. The minimum absolute atomic E-state index is 0.0487. The number of hydrogen-bond donors (Lipinski definition) is 0. The maximum Gasteiger partial charge on any atom is 0.225 e. The molecule has 2 aromatic rings. The Morgan fingerprint density at radius 2 is 1.78 bits per heavy atom. The molecule has 138 valence electrons. The highest BCUT2D eigenvalue weighted by atomic mass is 16.2. The number of aryl methyl sites for hydroxylation is 1. The predicted molar refractivity (Wildman–Crippen MR) is 106 cm³/mol. The van der Waals surface area contributed by atoms with Crippen LogP contribution in [0.4, 0.5) is 0 Å². The summed E-state index contributed by atoms with van der Waals surface area (Å²) in [6.45, 7) is 1.55. The normalized spacial score (nSPS) is 20.1. The van der Waals surface area contributed by atoms with Crippen LogP contribution >= 0.6 is 0 Å². The summed E-state index contributed by atoms with van der Waals surface area (Å²) in [6.07, 6.45) is 5.99. The number of fused-ring (bicyclic) bond motifs is 2. The molecule has 2 atom stereocenters. The van der Waals surface area contributed by atoms with Gasteiger partial charge in [-0.25, -0.2) is 0 Å². The van der Waals surface area contributed by atoms with E-state index in [-0.39, 0.29) is 30.3 Å². The van der Waals surface area contributed by atoms with Crippen LogP contribution in [0.3, 0.4) is 0 Å². The van der Waals surface area contributed by atoms with Crippen molar-refractivity contribution in [1.29, 1.82) is 0 Å². The van der Waals surface area contributed by atoms with Crippen molar-refractivity contribution in [3.05, 3.63) is 77.0 Å². The van der Waals surface area contributed by atoms with E-state index in [2.05, 4.69) is 18.2 Å². The van der Waals surface area contributed by atoms with Crippen LogP contribution in [-0.2, 0) is 16.0 Å². The van der Waals surface area contributed by atoms with Gasteiger partial charge in [0.1, 0.15) is 0 Å². The molecule has 0 N–H and O–H groups in total. The number of carbonyl (C=O) groups is 2. The molecule has 1 aliphatic heterocycles. The van der Waals surface area contributed by atoms with Gasteiger partial charge in [-0.3, -0.25) is 9.59 Å². The van der Waals surface area contributed by atoms with E-state index in [1.807, 2.05) is 48.4 Å². The van der Waals surface area contributed by atoms with Crippen LogP contribution in [0.25, 0.3) is 6.08 Å². The molecule has 0 saturated carbocycles. The molecule has 4 nitrogen and oxygen atoms in total. The van der Waals surface area contributed by atoms with E-state index in [0.717, 1.165) is 24.0 Å². The second-order valence-electron chi connectivity index (χ2n) is 7.35. The Labute approximate surface area is 160 Å². The minimum atomic E-state index is -0.254. The summed E-state index contributed by atoms with van der Waals surface area (Å²) < 4.78 is 0. The molecule has 4 heteroatoms. The molecule has 27 heavy (non-hydrogen) atoms. The zero-order valence-electron chi connectivity index (χ0n) is 15.8. The zero-order valence-corrected chi connectivity index (χ0v) is 15.8. The van der Waals surface area contributed by atoms with E-state index < -0.39 is 0 Å². The molecule has 0 fully saturated rings. The van der Waals surface area contributed by atoms with Gasteiger partial charge in [0.15, 0.2) is 0 Å². The van der Waals surface area contributed by atoms with Crippen molar-refractivity contribution >= 4 is 17.9 Å². The summed E-state index contributed by atoms with van der Waals surface area (Å²) in [6, 6.07) is 16.2. The van der Waals surface area contributed by atoms with Crippen molar-refractivity contribution in [1.82, 2.24) is 9.80 Å². The number of nitrogens with zero attached hydrogens (tertiary/aromatic N) is 2. The molecule has 2 unspecified atom stereocenters. The first-order chi connectivity index (χ1) is 13.1. The van der Waals surface area contributed by atoms with Gasteiger partial charge in [-0.05, 0) is 41.2 Å². The highest BCUT2D eigenvalue weighted by Crippen LogP contribution is 2.37. The van der Waals surface area contributed by atoms with Gasteiger partial charge in [-0.2, -0.15) is 0 Å². The summed E-state index contributed by atoms with van der Waals surface area (Å²) in [4.78, 5) is 28.8. The van der Waals surface area contributed by atoms with Gasteiger partial charge < -0.3 is 9.80 Å². The van der Waals surface area contributed by atoms with Crippen molar-refractivity contribution < 1.29 is 9.59 Å². The zero-order chi connectivity index (χ0) is 19.0. The fourth-order valence-electron chi connectivity index (χ4n) is 4.33. The SMILES string of the molecule is CC(=O)N1C=Cc2ccccc2C1CC(=O)N(C)C1CCc2ccccc21. The van der Waals surface area contributed by atoms with Crippen molar-refractivity contribution in [3.63, 3.8) is 0 Å². The molecule has 4 rings (SSSR count). The first-order valence-electron chi connectivity index (χ1n) is 9.45. The van der Waals surface area contributed by atoms with Crippen molar-refractivity contribution in [2.45, 2.75) is 38.3 Å². The molecule has 2 aromatic carbocycles. The molecule has 2 amide bonds. The van der Waals surface area contributed by atoms with Crippen LogP contribution < -0.4 is 0 Å². The van der Waals surface area contributed by atoms with Gasteiger partial charge in [0.05, 0.1) is 18.5 Å². The van der Waals surface area contributed by atoms with Gasteiger partial charge in [-0.15, -0.1) is 0 Å². The molecule has 0 aromatic heterocycles. The van der Waals surface area contributed by atoms with Gasteiger partial charge in [0.2, 0.25) is 11.8 Å². The average Bonchev–Trinajstić information content (AvgIpc) is 3.11. The lowest BCUT2D eigenvalue weighted by atomic mass is 9.93. The number of hydrogen-bond acceptors (Lipinski definition) is 2. The van der Waals surface area contributed by atoms with Gasteiger partial charge in [-0.1, -0.05) is 48.5 Å². The Hall–Kier alpha value is -2.88. The molecule has 1 heterocycles. The monoisotopic (exact) mass is 360 g/mol. The highest BCUT2D eigenvalue weighted by molar-refractivity contribution is 5.82.